The number of sulfone groups is 1. The molecule has 1 saturated carbocycles. The molecule has 3 nitrogen and oxygen atoms in total. The third-order valence-corrected chi connectivity index (χ3v) is 3.50. The molecule has 2 unspecified atom stereocenters. The molecule has 1 rings (SSSR count). The van der Waals surface area contributed by atoms with E-state index in [2.05, 4.69) is 0 Å². The van der Waals surface area contributed by atoms with Crippen molar-refractivity contribution in [2.45, 2.75) is 31.8 Å². The van der Waals surface area contributed by atoms with Gasteiger partial charge in [-0.3, -0.25) is 0 Å². The smallest absolute Gasteiger partial charge is 0.147 e. The second kappa shape index (κ2) is 3.75. The monoisotopic (exact) mass is 192 g/mol. The van der Waals surface area contributed by atoms with Crippen LogP contribution < -0.4 is 0 Å². The Hall–Kier alpha value is -0.0900. The summed E-state index contributed by atoms with van der Waals surface area (Å²) in [7, 11) is -2.80. The van der Waals surface area contributed by atoms with E-state index in [0.717, 1.165) is 19.3 Å². The first kappa shape index (κ1) is 9.99. The van der Waals surface area contributed by atoms with Gasteiger partial charge in [-0.05, 0) is 31.6 Å². The predicted molar refractivity (Wildman–Crippen MR) is 47.7 cm³/mol. The van der Waals surface area contributed by atoms with Crippen LogP contribution in [0.25, 0.3) is 0 Å². The third-order valence-electron chi connectivity index (χ3n) is 2.47. The lowest BCUT2D eigenvalue weighted by Gasteiger charge is -2.32. The maximum absolute atomic E-state index is 10.7. The molecule has 0 amide bonds. The SMILES string of the molecule is CS(=O)(=O)CCCC1CCC1O. The molecule has 12 heavy (non-hydrogen) atoms. The molecule has 1 fully saturated rings. The standard InChI is InChI=1S/C8H16O3S/c1-12(10,11)6-2-3-7-4-5-8(7)9/h7-9H,2-6H2,1H3. The van der Waals surface area contributed by atoms with Gasteiger partial charge in [0.2, 0.25) is 0 Å². The number of rotatable bonds is 4. The maximum atomic E-state index is 10.7. The molecular formula is C8H16O3S. The molecule has 2 atom stereocenters. The predicted octanol–water partition coefficient (Wildman–Crippen LogP) is 0.582. The zero-order valence-corrected chi connectivity index (χ0v) is 8.18. The molecule has 1 aliphatic rings. The third kappa shape index (κ3) is 3.11. The highest BCUT2D eigenvalue weighted by Crippen LogP contribution is 2.31. The minimum Gasteiger partial charge on any atom is -0.393 e. The van der Waals surface area contributed by atoms with Gasteiger partial charge in [0, 0.05) is 12.0 Å². The molecule has 0 saturated heterocycles. The molecule has 72 valence electrons. The lowest BCUT2D eigenvalue weighted by Crippen LogP contribution is -2.31. The quantitative estimate of drug-likeness (QED) is 0.709. The van der Waals surface area contributed by atoms with Crippen LogP contribution in [0.15, 0.2) is 0 Å². The van der Waals surface area contributed by atoms with Crippen molar-refractivity contribution < 1.29 is 13.5 Å². The Morgan fingerprint density at radius 3 is 2.42 bits per heavy atom. The molecule has 0 heterocycles. The molecular weight excluding hydrogens is 176 g/mol. The lowest BCUT2D eigenvalue weighted by molar-refractivity contribution is 0.0193. The van der Waals surface area contributed by atoms with Gasteiger partial charge in [0.05, 0.1) is 6.10 Å². The molecule has 0 spiro atoms. The Morgan fingerprint density at radius 1 is 1.42 bits per heavy atom. The van der Waals surface area contributed by atoms with Crippen molar-refractivity contribution in [2.24, 2.45) is 5.92 Å². The fraction of sp³-hybridized carbons (Fsp3) is 1.00. The molecule has 0 aliphatic heterocycles. The molecule has 1 aliphatic carbocycles. The zero-order chi connectivity index (χ0) is 9.19. The summed E-state index contributed by atoms with van der Waals surface area (Å²) in [5.41, 5.74) is 0. The van der Waals surface area contributed by atoms with E-state index in [9.17, 15) is 13.5 Å². The summed E-state index contributed by atoms with van der Waals surface area (Å²) in [6.45, 7) is 0. The van der Waals surface area contributed by atoms with Crippen molar-refractivity contribution in [1.29, 1.82) is 0 Å². The van der Waals surface area contributed by atoms with Crippen molar-refractivity contribution in [3.63, 3.8) is 0 Å². The normalized spacial score (nSPS) is 29.8. The van der Waals surface area contributed by atoms with E-state index in [1.54, 1.807) is 0 Å². The van der Waals surface area contributed by atoms with Crippen LogP contribution >= 0.6 is 0 Å². The largest absolute Gasteiger partial charge is 0.393 e. The van der Waals surface area contributed by atoms with Crippen molar-refractivity contribution in [2.75, 3.05) is 12.0 Å². The van der Waals surface area contributed by atoms with Gasteiger partial charge >= 0.3 is 0 Å². The van der Waals surface area contributed by atoms with Crippen LogP contribution in [0.5, 0.6) is 0 Å². The van der Waals surface area contributed by atoms with Crippen LogP contribution in [-0.4, -0.2) is 31.6 Å². The number of aliphatic hydroxyl groups excluding tert-OH is 1. The first-order valence-electron chi connectivity index (χ1n) is 4.35. The maximum Gasteiger partial charge on any atom is 0.147 e. The second-order valence-electron chi connectivity index (χ2n) is 3.68. The lowest BCUT2D eigenvalue weighted by atomic mass is 9.79. The van der Waals surface area contributed by atoms with Crippen LogP contribution in [0.4, 0.5) is 0 Å². The highest BCUT2D eigenvalue weighted by molar-refractivity contribution is 7.90. The van der Waals surface area contributed by atoms with Gasteiger partial charge in [-0.15, -0.1) is 0 Å². The molecule has 4 heteroatoms. The summed E-state index contributed by atoms with van der Waals surface area (Å²) in [5.74, 6) is 0.627. The molecule has 0 aromatic rings. The van der Waals surface area contributed by atoms with Gasteiger partial charge < -0.3 is 5.11 Å². The van der Waals surface area contributed by atoms with Gasteiger partial charge in [-0.25, -0.2) is 8.42 Å². The Balaban J connectivity index is 2.11. The number of aliphatic hydroxyl groups is 1. The Labute approximate surface area is 73.7 Å². The molecule has 0 aromatic carbocycles. The van der Waals surface area contributed by atoms with Gasteiger partial charge in [-0.2, -0.15) is 0 Å². The summed E-state index contributed by atoms with van der Waals surface area (Å²) >= 11 is 0. The van der Waals surface area contributed by atoms with Crippen LogP contribution in [0.3, 0.4) is 0 Å². The minimum absolute atomic E-state index is 0.162. The van der Waals surface area contributed by atoms with Gasteiger partial charge in [0.25, 0.3) is 0 Å². The van der Waals surface area contributed by atoms with Crippen LogP contribution in [-0.2, 0) is 9.84 Å². The molecule has 0 bridgehead atoms. The first-order chi connectivity index (χ1) is 5.49. The summed E-state index contributed by atoms with van der Waals surface area (Å²) in [4.78, 5) is 0. The Bertz CT molecular complexity index is 233. The van der Waals surface area contributed by atoms with Gasteiger partial charge in [-0.1, -0.05) is 0 Å². The van der Waals surface area contributed by atoms with E-state index < -0.39 is 9.84 Å². The van der Waals surface area contributed by atoms with E-state index in [4.69, 9.17) is 0 Å². The first-order valence-corrected chi connectivity index (χ1v) is 6.41. The van der Waals surface area contributed by atoms with Crippen molar-refractivity contribution in [1.82, 2.24) is 0 Å². The van der Waals surface area contributed by atoms with E-state index in [-0.39, 0.29) is 11.9 Å². The molecule has 1 N–H and O–H groups in total. The van der Waals surface area contributed by atoms with Crippen LogP contribution in [0.2, 0.25) is 0 Å². The average Bonchev–Trinajstić information content (AvgIpc) is 1.93. The number of hydrogen-bond acceptors (Lipinski definition) is 3. The zero-order valence-electron chi connectivity index (χ0n) is 7.36. The summed E-state index contributed by atoms with van der Waals surface area (Å²) in [6.07, 6.45) is 4.59. The van der Waals surface area contributed by atoms with Gasteiger partial charge in [0.15, 0.2) is 0 Å². The van der Waals surface area contributed by atoms with Crippen LogP contribution in [0, 0.1) is 5.92 Å². The topological polar surface area (TPSA) is 54.4 Å². The minimum atomic E-state index is -2.80. The molecule has 0 radical (unpaired) electrons. The number of hydrogen-bond donors (Lipinski definition) is 1. The van der Waals surface area contributed by atoms with Gasteiger partial charge in [0.1, 0.15) is 9.84 Å². The highest BCUT2D eigenvalue weighted by Gasteiger charge is 2.28. The van der Waals surface area contributed by atoms with E-state index in [1.807, 2.05) is 0 Å². The Kier molecular flexibility index (Phi) is 3.12. The second-order valence-corrected chi connectivity index (χ2v) is 5.94. The van der Waals surface area contributed by atoms with Crippen LogP contribution in [0.1, 0.15) is 25.7 Å². The van der Waals surface area contributed by atoms with Crippen molar-refractivity contribution in [3.8, 4) is 0 Å². The van der Waals surface area contributed by atoms with E-state index >= 15 is 0 Å². The Morgan fingerprint density at radius 2 is 2.08 bits per heavy atom. The summed E-state index contributed by atoms with van der Waals surface area (Å²) < 4.78 is 21.5. The van der Waals surface area contributed by atoms with E-state index in [1.165, 1.54) is 6.26 Å². The fourth-order valence-corrected chi connectivity index (χ4v) is 2.19. The van der Waals surface area contributed by atoms with Crippen molar-refractivity contribution in [3.05, 3.63) is 0 Å². The van der Waals surface area contributed by atoms with E-state index in [0.29, 0.717) is 12.3 Å². The fourth-order valence-electron chi connectivity index (χ4n) is 1.50. The summed E-state index contributed by atoms with van der Waals surface area (Å²) in [6, 6.07) is 0. The van der Waals surface area contributed by atoms with Crippen molar-refractivity contribution >= 4 is 9.84 Å². The molecule has 0 aromatic heterocycles. The highest BCUT2D eigenvalue weighted by atomic mass is 32.2. The summed E-state index contributed by atoms with van der Waals surface area (Å²) in [5, 5.41) is 9.19. The average molecular weight is 192 g/mol.